The van der Waals surface area contributed by atoms with Gasteiger partial charge < -0.3 is 10.2 Å². The zero-order valence-electron chi connectivity index (χ0n) is 14.6. The van der Waals surface area contributed by atoms with Gasteiger partial charge in [-0.25, -0.2) is 0 Å². The Hall–Kier alpha value is -3.17. The molecule has 0 radical (unpaired) electrons. The Kier molecular flexibility index (Phi) is 4.86. The Morgan fingerprint density at radius 3 is 2.89 bits per heavy atom. The van der Waals surface area contributed by atoms with Gasteiger partial charge in [0, 0.05) is 28.9 Å². The highest BCUT2D eigenvalue weighted by Gasteiger charge is 2.26. The van der Waals surface area contributed by atoms with Crippen molar-refractivity contribution in [2.75, 3.05) is 11.4 Å². The number of thiazole rings is 1. The molecule has 0 spiro atoms. The summed E-state index contributed by atoms with van der Waals surface area (Å²) < 4.78 is 0. The number of hydrogen-bond donors (Lipinski definition) is 1. The minimum atomic E-state index is -0.0711. The van der Waals surface area contributed by atoms with Crippen molar-refractivity contribution in [3.63, 3.8) is 0 Å². The molecule has 0 bridgehead atoms. The third kappa shape index (κ3) is 3.83. The molecule has 0 saturated carbocycles. The monoisotopic (exact) mass is 374 g/mol. The molecule has 134 valence electrons. The fraction of sp³-hybridized carbons (Fsp3) is 0.190. The largest absolute Gasteiger partial charge is 0.364 e. The third-order valence-corrected chi connectivity index (χ3v) is 5.42. The SMILES string of the molecule is N#Cc1ccc2c(c1)C[C@@H](NC(=O)c1ccccc1)CN2Cc1cncs1. The van der Waals surface area contributed by atoms with Gasteiger partial charge in [-0.05, 0) is 42.3 Å². The lowest BCUT2D eigenvalue weighted by molar-refractivity contribution is 0.0937. The van der Waals surface area contributed by atoms with Crippen LogP contribution in [0.25, 0.3) is 0 Å². The molecule has 0 saturated heterocycles. The van der Waals surface area contributed by atoms with E-state index >= 15 is 0 Å². The number of rotatable bonds is 4. The average molecular weight is 374 g/mol. The first-order valence-corrected chi connectivity index (χ1v) is 9.62. The molecule has 5 nitrogen and oxygen atoms in total. The third-order valence-electron chi connectivity index (χ3n) is 4.66. The van der Waals surface area contributed by atoms with Crippen molar-refractivity contribution in [3.05, 3.63) is 81.8 Å². The minimum absolute atomic E-state index is 0.0212. The van der Waals surface area contributed by atoms with Gasteiger partial charge in [-0.1, -0.05) is 18.2 Å². The van der Waals surface area contributed by atoms with E-state index in [1.54, 1.807) is 11.3 Å². The zero-order chi connectivity index (χ0) is 18.6. The van der Waals surface area contributed by atoms with Gasteiger partial charge in [0.05, 0.1) is 29.7 Å². The second-order valence-corrected chi connectivity index (χ2v) is 7.51. The summed E-state index contributed by atoms with van der Waals surface area (Å²) in [6.45, 7) is 1.46. The standard InChI is InChI=1S/C21H18N4OS/c22-10-15-6-7-20-17(8-15)9-18(12-25(20)13-19-11-23-14-27-19)24-21(26)16-4-2-1-3-5-16/h1-8,11,14,18H,9,12-13H2,(H,24,26)/t18-/m1/s1. The number of hydrogen-bond acceptors (Lipinski definition) is 5. The van der Waals surface area contributed by atoms with Gasteiger partial charge in [0.1, 0.15) is 0 Å². The maximum atomic E-state index is 12.6. The van der Waals surface area contributed by atoms with Crippen LogP contribution in [0.3, 0.4) is 0 Å². The summed E-state index contributed by atoms with van der Waals surface area (Å²) in [5.41, 5.74) is 5.33. The molecule has 3 aromatic rings. The van der Waals surface area contributed by atoms with E-state index < -0.39 is 0 Å². The van der Waals surface area contributed by atoms with Crippen LogP contribution in [-0.2, 0) is 13.0 Å². The molecule has 0 fully saturated rings. The summed E-state index contributed by atoms with van der Waals surface area (Å²) in [6, 6.07) is 17.2. The molecule has 2 aromatic carbocycles. The molecule has 1 aliphatic rings. The number of anilines is 1. The molecule has 4 rings (SSSR count). The molecular formula is C21H18N4OS. The van der Waals surface area contributed by atoms with Crippen molar-refractivity contribution in [2.45, 2.75) is 19.0 Å². The summed E-state index contributed by atoms with van der Waals surface area (Å²) >= 11 is 1.62. The Balaban J connectivity index is 1.59. The molecule has 1 aliphatic heterocycles. The van der Waals surface area contributed by atoms with E-state index in [9.17, 15) is 10.1 Å². The number of amides is 1. The first-order chi connectivity index (χ1) is 13.2. The molecule has 6 heteroatoms. The molecule has 1 atom stereocenters. The van der Waals surface area contributed by atoms with Gasteiger partial charge in [0.25, 0.3) is 5.91 Å². The van der Waals surface area contributed by atoms with E-state index in [1.807, 2.05) is 60.2 Å². The molecule has 0 aliphatic carbocycles. The minimum Gasteiger partial charge on any atom is -0.364 e. The Morgan fingerprint density at radius 1 is 1.30 bits per heavy atom. The van der Waals surface area contributed by atoms with Crippen molar-refractivity contribution in [1.82, 2.24) is 10.3 Å². The van der Waals surface area contributed by atoms with Crippen LogP contribution in [-0.4, -0.2) is 23.5 Å². The van der Waals surface area contributed by atoms with Crippen molar-refractivity contribution < 1.29 is 4.79 Å². The van der Waals surface area contributed by atoms with E-state index in [0.29, 0.717) is 17.5 Å². The van der Waals surface area contributed by atoms with Gasteiger partial charge in [0.15, 0.2) is 0 Å². The second kappa shape index (κ2) is 7.60. The Labute approximate surface area is 161 Å². The van der Waals surface area contributed by atoms with E-state index in [4.69, 9.17) is 0 Å². The number of benzene rings is 2. The van der Waals surface area contributed by atoms with Crippen LogP contribution in [0.4, 0.5) is 5.69 Å². The van der Waals surface area contributed by atoms with Crippen molar-refractivity contribution in [3.8, 4) is 6.07 Å². The van der Waals surface area contributed by atoms with Gasteiger partial charge in [-0.3, -0.25) is 9.78 Å². The Bertz CT molecular complexity index is 979. The highest BCUT2D eigenvalue weighted by atomic mass is 32.1. The van der Waals surface area contributed by atoms with Gasteiger partial charge in [-0.15, -0.1) is 11.3 Å². The lowest BCUT2D eigenvalue weighted by Crippen LogP contribution is -2.48. The lowest BCUT2D eigenvalue weighted by atomic mass is 9.95. The van der Waals surface area contributed by atoms with Crippen molar-refractivity contribution in [1.29, 1.82) is 5.26 Å². The fourth-order valence-electron chi connectivity index (χ4n) is 3.43. The lowest BCUT2D eigenvalue weighted by Gasteiger charge is -2.36. The molecule has 1 amide bonds. The van der Waals surface area contributed by atoms with Crippen LogP contribution in [0, 0.1) is 11.3 Å². The molecule has 27 heavy (non-hydrogen) atoms. The Morgan fingerprint density at radius 2 is 2.15 bits per heavy atom. The summed E-state index contributed by atoms with van der Waals surface area (Å²) in [6.07, 6.45) is 2.59. The maximum Gasteiger partial charge on any atom is 0.251 e. The van der Waals surface area contributed by atoms with E-state index in [1.165, 1.54) is 4.88 Å². The van der Waals surface area contributed by atoms with Crippen LogP contribution < -0.4 is 10.2 Å². The van der Waals surface area contributed by atoms with E-state index in [-0.39, 0.29) is 11.9 Å². The molecule has 2 heterocycles. The van der Waals surface area contributed by atoms with Crippen LogP contribution >= 0.6 is 11.3 Å². The zero-order valence-corrected chi connectivity index (χ0v) is 15.4. The summed E-state index contributed by atoms with van der Waals surface area (Å²) in [5.74, 6) is -0.0711. The van der Waals surface area contributed by atoms with Gasteiger partial charge in [0.2, 0.25) is 0 Å². The topological polar surface area (TPSA) is 69.0 Å². The molecule has 1 aromatic heterocycles. The van der Waals surface area contributed by atoms with E-state index in [2.05, 4.69) is 21.3 Å². The first kappa shape index (κ1) is 17.3. The summed E-state index contributed by atoms with van der Waals surface area (Å²) in [4.78, 5) is 20.2. The number of nitriles is 1. The van der Waals surface area contributed by atoms with Crippen molar-refractivity contribution in [2.24, 2.45) is 0 Å². The van der Waals surface area contributed by atoms with E-state index in [0.717, 1.165) is 24.3 Å². The predicted molar refractivity (Wildman–Crippen MR) is 106 cm³/mol. The number of aromatic nitrogens is 1. The molecular weight excluding hydrogens is 356 g/mol. The van der Waals surface area contributed by atoms with Crippen molar-refractivity contribution >= 4 is 22.9 Å². The predicted octanol–water partition coefficient (Wildman–Crippen LogP) is 3.38. The number of nitrogens with zero attached hydrogens (tertiary/aromatic N) is 3. The van der Waals surface area contributed by atoms with Crippen LogP contribution in [0.2, 0.25) is 0 Å². The maximum absolute atomic E-state index is 12.6. The number of carbonyl (C=O) groups excluding carboxylic acids is 1. The van der Waals surface area contributed by atoms with Crippen LogP contribution in [0.5, 0.6) is 0 Å². The summed E-state index contributed by atoms with van der Waals surface area (Å²) in [5, 5.41) is 12.4. The number of nitrogens with one attached hydrogen (secondary N) is 1. The fourth-order valence-corrected chi connectivity index (χ4v) is 4.04. The highest BCUT2D eigenvalue weighted by molar-refractivity contribution is 7.09. The molecule has 1 N–H and O–H groups in total. The highest BCUT2D eigenvalue weighted by Crippen LogP contribution is 2.30. The normalized spacial score (nSPS) is 15.7. The average Bonchev–Trinajstić information content (AvgIpc) is 3.21. The first-order valence-electron chi connectivity index (χ1n) is 8.74. The summed E-state index contributed by atoms with van der Waals surface area (Å²) in [7, 11) is 0. The number of carbonyl (C=O) groups is 1. The van der Waals surface area contributed by atoms with Crippen LogP contribution in [0.1, 0.15) is 26.4 Å². The second-order valence-electron chi connectivity index (χ2n) is 6.54. The molecule has 0 unspecified atom stereocenters. The quantitative estimate of drug-likeness (QED) is 0.760. The van der Waals surface area contributed by atoms with Gasteiger partial charge in [-0.2, -0.15) is 5.26 Å². The smallest absolute Gasteiger partial charge is 0.251 e. The van der Waals surface area contributed by atoms with Gasteiger partial charge >= 0.3 is 0 Å². The number of fused-ring (bicyclic) bond motifs is 1. The van der Waals surface area contributed by atoms with Crippen LogP contribution in [0.15, 0.2) is 60.2 Å².